The fraction of sp³-hybridized carbons (Fsp3) is 0.458. The highest BCUT2D eigenvalue weighted by atomic mass is 35.5. The molecule has 1 aliphatic rings. The zero-order valence-corrected chi connectivity index (χ0v) is 23.4. The summed E-state index contributed by atoms with van der Waals surface area (Å²) in [5.74, 6) is -0.281. The van der Waals surface area contributed by atoms with Gasteiger partial charge in [-0.2, -0.15) is 5.09 Å². The smallest absolute Gasteiger partial charge is 0.459 e. The largest absolute Gasteiger partial charge is 0.462 e. The zero-order chi connectivity index (χ0) is 28.5. The molecule has 1 aromatic carbocycles. The maximum Gasteiger partial charge on any atom is 0.459 e. The van der Waals surface area contributed by atoms with E-state index in [9.17, 15) is 19.6 Å². The van der Waals surface area contributed by atoms with Gasteiger partial charge < -0.3 is 34.5 Å². The van der Waals surface area contributed by atoms with Crippen molar-refractivity contribution in [3.05, 3.63) is 47.9 Å². The van der Waals surface area contributed by atoms with Crippen molar-refractivity contribution in [1.29, 1.82) is 0 Å². The van der Waals surface area contributed by atoms with Gasteiger partial charge in [-0.25, -0.2) is 14.5 Å². The van der Waals surface area contributed by atoms with Crippen molar-refractivity contribution in [1.82, 2.24) is 19.6 Å². The molecule has 39 heavy (non-hydrogen) atoms. The molecule has 0 amide bonds. The van der Waals surface area contributed by atoms with Crippen LogP contribution in [0.1, 0.15) is 33.9 Å². The van der Waals surface area contributed by atoms with Crippen molar-refractivity contribution in [2.45, 2.75) is 63.9 Å². The number of hydrogen-bond acceptors (Lipinski definition) is 11. The lowest BCUT2D eigenvalue weighted by Crippen LogP contribution is -2.44. The molecule has 15 heteroatoms. The summed E-state index contributed by atoms with van der Waals surface area (Å²) in [6, 6.07) is 6.60. The van der Waals surface area contributed by atoms with Crippen molar-refractivity contribution in [2.24, 2.45) is 0 Å². The Bertz CT molecular complexity index is 1370. The minimum absolute atomic E-state index is 0.147. The van der Waals surface area contributed by atoms with Gasteiger partial charge in [0.25, 0.3) is 0 Å². The number of nitrogen functional groups attached to an aromatic ring is 1. The molecule has 13 nitrogen and oxygen atoms in total. The van der Waals surface area contributed by atoms with E-state index in [0.717, 1.165) is 0 Å². The number of nitrogens with one attached hydrogen (secondary N) is 1. The highest BCUT2D eigenvalue weighted by Gasteiger charge is 2.54. The van der Waals surface area contributed by atoms with Gasteiger partial charge in [-0.05, 0) is 58.0 Å². The van der Waals surface area contributed by atoms with Crippen LogP contribution in [0.5, 0.6) is 5.75 Å². The molecule has 1 saturated heterocycles. The fourth-order valence-corrected chi connectivity index (χ4v) is 5.71. The normalized spacial score (nSPS) is 25.5. The number of aliphatic hydroxyl groups is 2. The Hall–Kier alpha value is -2.77. The third kappa shape index (κ3) is 6.36. The molecule has 2 aromatic heterocycles. The summed E-state index contributed by atoms with van der Waals surface area (Å²) in [6.45, 7) is 5.72. The van der Waals surface area contributed by atoms with E-state index in [1.165, 1.54) is 49.0 Å². The maximum atomic E-state index is 13.8. The van der Waals surface area contributed by atoms with Crippen LogP contribution in [0, 0.1) is 0 Å². The molecule has 212 valence electrons. The minimum atomic E-state index is -4.27. The first kappa shape index (κ1) is 29.2. The van der Waals surface area contributed by atoms with Crippen LogP contribution in [0.3, 0.4) is 0 Å². The topological polar surface area (TPSA) is 180 Å². The van der Waals surface area contributed by atoms with Crippen LogP contribution in [-0.2, 0) is 23.4 Å². The van der Waals surface area contributed by atoms with Gasteiger partial charge in [0.05, 0.1) is 18.1 Å². The van der Waals surface area contributed by atoms with Crippen molar-refractivity contribution in [2.75, 3.05) is 12.3 Å². The van der Waals surface area contributed by atoms with Gasteiger partial charge in [0.2, 0.25) is 0 Å². The highest BCUT2D eigenvalue weighted by Crippen LogP contribution is 2.47. The minimum Gasteiger partial charge on any atom is -0.462 e. The van der Waals surface area contributed by atoms with E-state index in [1.54, 1.807) is 26.1 Å². The Morgan fingerprint density at radius 1 is 1.28 bits per heavy atom. The molecular formula is C24H31ClN5O8P. The standard InChI is InChI=1S/C24H31ClN5O8P/c1-13(2)36-22(32)14(3)29-39(34,38-16-7-5-15(25)6-8-16)35-11-18-19(31)24(4,33)23(37-18)30-10-9-17-20(26)27-12-28-21(17)30/h5-10,12-14,18-19,23,31,33H,11H2,1-4H3,(H,29,34)(H2,26,27,28)/t14?,18?,19-,23?,24-,39?/m1/s1. The summed E-state index contributed by atoms with van der Waals surface area (Å²) in [5, 5.41) is 25.6. The lowest BCUT2D eigenvalue weighted by molar-refractivity contribution is -0.149. The van der Waals surface area contributed by atoms with Crippen LogP contribution >= 0.6 is 19.3 Å². The molecule has 4 rings (SSSR count). The number of benzene rings is 1. The van der Waals surface area contributed by atoms with E-state index < -0.39 is 56.5 Å². The van der Waals surface area contributed by atoms with Crippen molar-refractivity contribution < 1.29 is 38.1 Å². The van der Waals surface area contributed by atoms with Crippen LogP contribution < -0.4 is 15.3 Å². The SMILES string of the molecule is CC(C)OC(=O)C(C)NP(=O)(OCC1OC(n2ccc3c(N)ncnc32)[C@](C)(O)[C@@H]1O)Oc1ccc(Cl)cc1. The number of carbonyl (C=O) groups is 1. The van der Waals surface area contributed by atoms with Crippen LogP contribution in [-0.4, -0.2) is 67.3 Å². The van der Waals surface area contributed by atoms with E-state index in [0.29, 0.717) is 16.1 Å². The second-order valence-electron chi connectivity index (χ2n) is 9.59. The quantitative estimate of drug-likeness (QED) is 0.203. The van der Waals surface area contributed by atoms with Crippen LogP contribution in [0.25, 0.3) is 11.0 Å². The number of nitrogens with zero attached hydrogens (tertiary/aromatic N) is 3. The third-order valence-electron chi connectivity index (χ3n) is 6.05. The van der Waals surface area contributed by atoms with E-state index in [2.05, 4.69) is 15.1 Å². The molecule has 3 heterocycles. The summed E-state index contributed by atoms with van der Waals surface area (Å²) >= 11 is 5.93. The van der Waals surface area contributed by atoms with Gasteiger partial charge >= 0.3 is 13.7 Å². The number of rotatable bonds is 10. The van der Waals surface area contributed by atoms with Gasteiger partial charge in [-0.1, -0.05) is 11.6 Å². The Morgan fingerprint density at radius 2 is 1.97 bits per heavy atom. The molecule has 0 aliphatic carbocycles. The third-order valence-corrected chi connectivity index (χ3v) is 7.95. The first-order valence-electron chi connectivity index (χ1n) is 12.1. The number of aliphatic hydroxyl groups excluding tert-OH is 1. The first-order chi connectivity index (χ1) is 18.3. The Balaban J connectivity index is 1.54. The lowest BCUT2D eigenvalue weighted by Gasteiger charge is -2.27. The summed E-state index contributed by atoms with van der Waals surface area (Å²) < 4.78 is 37.7. The van der Waals surface area contributed by atoms with E-state index in [1.807, 2.05) is 0 Å². The fourth-order valence-electron chi connectivity index (χ4n) is 4.08. The Kier molecular flexibility index (Phi) is 8.52. The predicted octanol–water partition coefficient (Wildman–Crippen LogP) is 2.81. The molecular weight excluding hydrogens is 553 g/mol. The number of esters is 1. The molecule has 0 bridgehead atoms. The second-order valence-corrected chi connectivity index (χ2v) is 11.7. The monoisotopic (exact) mass is 583 g/mol. The van der Waals surface area contributed by atoms with Gasteiger partial charge in [0.15, 0.2) is 6.23 Å². The Labute approximate surface area is 229 Å². The lowest BCUT2D eigenvalue weighted by atomic mass is 9.96. The first-order valence-corrected chi connectivity index (χ1v) is 14.0. The van der Waals surface area contributed by atoms with E-state index in [-0.39, 0.29) is 11.6 Å². The number of nitrogens with two attached hydrogens (primary N) is 1. The summed E-state index contributed by atoms with van der Waals surface area (Å²) in [6.07, 6.45) is -1.24. The summed E-state index contributed by atoms with van der Waals surface area (Å²) in [5.41, 5.74) is 4.50. The molecule has 0 saturated carbocycles. The number of hydrogen-bond donors (Lipinski definition) is 4. The number of ether oxygens (including phenoxy) is 2. The van der Waals surface area contributed by atoms with Crippen molar-refractivity contribution in [3.63, 3.8) is 0 Å². The summed E-state index contributed by atoms with van der Waals surface area (Å²) in [4.78, 5) is 20.5. The van der Waals surface area contributed by atoms with E-state index >= 15 is 0 Å². The number of halogens is 1. The van der Waals surface area contributed by atoms with Gasteiger partial charge in [-0.3, -0.25) is 9.32 Å². The molecule has 0 spiro atoms. The van der Waals surface area contributed by atoms with Crippen LogP contribution in [0.15, 0.2) is 42.9 Å². The number of carbonyl (C=O) groups excluding carboxylic acids is 1. The molecule has 0 radical (unpaired) electrons. The van der Waals surface area contributed by atoms with Gasteiger partial charge in [0, 0.05) is 11.2 Å². The number of anilines is 1. The number of fused-ring (bicyclic) bond motifs is 1. The van der Waals surface area contributed by atoms with E-state index in [4.69, 9.17) is 35.9 Å². The van der Waals surface area contributed by atoms with Crippen molar-refractivity contribution >= 4 is 42.2 Å². The number of aromatic nitrogens is 3. The molecule has 4 unspecified atom stereocenters. The van der Waals surface area contributed by atoms with Crippen molar-refractivity contribution in [3.8, 4) is 5.75 Å². The predicted molar refractivity (Wildman–Crippen MR) is 142 cm³/mol. The molecule has 6 atom stereocenters. The Morgan fingerprint density at radius 3 is 2.64 bits per heavy atom. The average Bonchev–Trinajstić information content (AvgIpc) is 3.38. The zero-order valence-electron chi connectivity index (χ0n) is 21.7. The maximum absolute atomic E-state index is 13.8. The average molecular weight is 584 g/mol. The van der Waals surface area contributed by atoms with Crippen LogP contribution in [0.2, 0.25) is 5.02 Å². The second kappa shape index (κ2) is 11.4. The highest BCUT2D eigenvalue weighted by molar-refractivity contribution is 7.52. The van der Waals surface area contributed by atoms with Gasteiger partial charge in [0.1, 0.15) is 47.4 Å². The molecule has 3 aromatic rings. The molecule has 5 N–H and O–H groups in total. The summed E-state index contributed by atoms with van der Waals surface area (Å²) in [7, 11) is -4.27. The van der Waals surface area contributed by atoms with Crippen LogP contribution in [0.4, 0.5) is 5.82 Å². The molecule has 1 aliphatic heterocycles. The molecule has 1 fully saturated rings. The van der Waals surface area contributed by atoms with Gasteiger partial charge in [-0.15, -0.1) is 0 Å².